The second-order valence-corrected chi connectivity index (χ2v) is 3.66. The van der Waals surface area contributed by atoms with Gasteiger partial charge >= 0.3 is 0 Å². The highest BCUT2D eigenvalue weighted by Gasteiger charge is 2.25. The van der Waals surface area contributed by atoms with Crippen LogP contribution >= 0.6 is 11.8 Å². The first kappa shape index (κ1) is 6.81. The summed E-state index contributed by atoms with van der Waals surface area (Å²) >= 11 is 1.79. The van der Waals surface area contributed by atoms with Crippen molar-refractivity contribution in [3.05, 3.63) is 22.8 Å². The minimum absolute atomic E-state index is 0.146. The standard InChI is InChI=1S/C8H8N2S/c9-3-6-5-11-8-1-2-10-4-7(6)8/h1-2,6,10H,4-5H2. The fraction of sp³-hybridized carbons (Fsp3) is 0.375. The van der Waals surface area contributed by atoms with Crippen LogP contribution in [-0.4, -0.2) is 12.3 Å². The van der Waals surface area contributed by atoms with Crippen LogP contribution in [-0.2, 0) is 0 Å². The summed E-state index contributed by atoms with van der Waals surface area (Å²) in [6, 6.07) is 2.31. The highest BCUT2D eigenvalue weighted by atomic mass is 32.2. The van der Waals surface area contributed by atoms with Crippen molar-refractivity contribution >= 4 is 11.8 Å². The normalized spacial score (nSPS) is 27.7. The molecule has 3 heteroatoms. The number of nitriles is 1. The van der Waals surface area contributed by atoms with Crippen LogP contribution in [0.25, 0.3) is 0 Å². The van der Waals surface area contributed by atoms with E-state index >= 15 is 0 Å². The number of dihydropyridines is 1. The predicted octanol–water partition coefficient (Wildman–Crippen LogP) is 1.24. The summed E-state index contributed by atoms with van der Waals surface area (Å²) in [6.07, 6.45) is 4.01. The van der Waals surface area contributed by atoms with E-state index in [2.05, 4.69) is 17.5 Å². The SMILES string of the molecule is N#CC1CSC2=C1CNC=C2. The Balaban J connectivity index is 2.30. The Morgan fingerprint density at radius 3 is 3.45 bits per heavy atom. The van der Waals surface area contributed by atoms with Gasteiger partial charge in [-0.15, -0.1) is 11.8 Å². The van der Waals surface area contributed by atoms with E-state index < -0.39 is 0 Å². The second kappa shape index (κ2) is 2.63. The lowest BCUT2D eigenvalue weighted by molar-refractivity contribution is 0.801. The van der Waals surface area contributed by atoms with E-state index in [0.29, 0.717) is 0 Å². The quantitative estimate of drug-likeness (QED) is 0.585. The number of rotatable bonds is 0. The lowest BCUT2D eigenvalue weighted by atomic mass is 10.0. The molecule has 0 bridgehead atoms. The van der Waals surface area contributed by atoms with Gasteiger partial charge in [-0.3, -0.25) is 0 Å². The molecule has 0 aromatic heterocycles. The van der Waals surface area contributed by atoms with Gasteiger partial charge in [-0.2, -0.15) is 5.26 Å². The number of thioether (sulfide) groups is 1. The predicted molar refractivity (Wildman–Crippen MR) is 45.7 cm³/mol. The summed E-state index contributed by atoms with van der Waals surface area (Å²) in [7, 11) is 0. The van der Waals surface area contributed by atoms with Gasteiger partial charge in [0.2, 0.25) is 0 Å². The molecule has 0 spiro atoms. The molecule has 1 atom stereocenters. The average Bonchev–Trinajstić information content (AvgIpc) is 2.47. The highest BCUT2D eigenvalue weighted by molar-refractivity contribution is 8.03. The molecule has 56 valence electrons. The van der Waals surface area contributed by atoms with Gasteiger partial charge in [-0.25, -0.2) is 0 Å². The maximum atomic E-state index is 8.76. The zero-order valence-corrected chi connectivity index (χ0v) is 6.82. The Kier molecular flexibility index (Phi) is 1.63. The van der Waals surface area contributed by atoms with Crippen molar-refractivity contribution in [3.63, 3.8) is 0 Å². The van der Waals surface area contributed by atoms with Crippen molar-refractivity contribution < 1.29 is 0 Å². The third-order valence-corrected chi connectivity index (χ3v) is 3.15. The molecule has 0 fully saturated rings. The van der Waals surface area contributed by atoms with Gasteiger partial charge in [0.05, 0.1) is 12.0 Å². The van der Waals surface area contributed by atoms with Crippen LogP contribution in [0.2, 0.25) is 0 Å². The molecular weight excluding hydrogens is 156 g/mol. The smallest absolute Gasteiger partial charge is 0.0797 e. The molecule has 0 aromatic rings. The summed E-state index contributed by atoms with van der Waals surface area (Å²) < 4.78 is 0. The van der Waals surface area contributed by atoms with Crippen LogP contribution in [0.1, 0.15) is 0 Å². The molecule has 2 nitrogen and oxygen atoms in total. The van der Waals surface area contributed by atoms with Gasteiger partial charge in [0, 0.05) is 17.2 Å². The fourth-order valence-electron chi connectivity index (χ4n) is 1.32. The summed E-state index contributed by atoms with van der Waals surface area (Å²) in [4.78, 5) is 1.30. The van der Waals surface area contributed by atoms with Crippen molar-refractivity contribution in [1.29, 1.82) is 5.26 Å². The molecule has 0 radical (unpaired) electrons. The van der Waals surface area contributed by atoms with Crippen LogP contribution in [0.3, 0.4) is 0 Å². The van der Waals surface area contributed by atoms with Crippen molar-refractivity contribution in [2.45, 2.75) is 0 Å². The Bertz CT molecular complexity index is 272. The second-order valence-electron chi connectivity index (χ2n) is 2.60. The molecule has 0 aromatic carbocycles. The minimum Gasteiger partial charge on any atom is -0.387 e. The third kappa shape index (κ3) is 1.04. The van der Waals surface area contributed by atoms with Crippen molar-refractivity contribution in [2.24, 2.45) is 5.92 Å². The van der Waals surface area contributed by atoms with Crippen LogP contribution in [0.5, 0.6) is 0 Å². The number of hydrogen-bond acceptors (Lipinski definition) is 3. The van der Waals surface area contributed by atoms with Crippen molar-refractivity contribution in [2.75, 3.05) is 12.3 Å². The molecule has 0 amide bonds. The van der Waals surface area contributed by atoms with Crippen LogP contribution in [0, 0.1) is 17.2 Å². The van der Waals surface area contributed by atoms with E-state index in [0.717, 1.165) is 12.3 Å². The molecule has 1 N–H and O–H groups in total. The van der Waals surface area contributed by atoms with E-state index in [1.807, 2.05) is 6.20 Å². The summed E-state index contributed by atoms with van der Waals surface area (Å²) in [5.74, 6) is 1.08. The summed E-state index contributed by atoms with van der Waals surface area (Å²) in [6.45, 7) is 0.858. The molecule has 11 heavy (non-hydrogen) atoms. The molecule has 2 aliphatic rings. The molecule has 2 heterocycles. The Morgan fingerprint density at radius 2 is 2.64 bits per heavy atom. The van der Waals surface area contributed by atoms with E-state index in [9.17, 15) is 0 Å². The van der Waals surface area contributed by atoms with Gasteiger partial charge in [0.25, 0.3) is 0 Å². The average molecular weight is 164 g/mol. The van der Waals surface area contributed by atoms with Crippen molar-refractivity contribution in [3.8, 4) is 6.07 Å². The van der Waals surface area contributed by atoms with Gasteiger partial charge in [0.15, 0.2) is 0 Å². The first-order valence-corrected chi connectivity index (χ1v) is 4.56. The first-order chi connectivity index (χ1) is 5.42. The fourth-order valence-corrected chi connectivity index (χ4v) is 2.51. The number of nitrogens with zero attached hydrogens (tertiary/aromatic N) is 1. The molecular formula is C8H8N2S. The zero-order valence-electron chi connectivity index (χ0n) is 6.00. The number of hydrogen-bond donors (Lipinski definition) is 1. The van der Waals surface area contributed by atoms with Crippen LogP contribution in [0.4, 0.5) is 0 Å². The molecule has 1 unspecified atom stereocenters. The summed E-state index contributed by atoms with van der Waals surface area (Å²) in [5.41, 5.74) is 1.28. The number of nitrogens with one attached hydrogen (secondary N) is 1. The van der Waals surface area contributed by atoms with Gasteiger partial charge in [0.1, 0.15) is 0 Å². The van der Waals surface area contributed by atoms with Crippen LogP contribution < -0.4 is 5.32 Å². The van der Waals surface area contributed by atoms with Crippen molar-refractivity contribution in [1.82, 2.24) is 5.32 Å². The Hall–Kier alpha value is -0.880. The van der Waals surface area contributed by atoms with E-state index in [4.69, 9.17) is 5.26 Å². The van der Waals surface area contributed by atoms with E-state index in [1.165, 1.54) is 10.5 Å². The lowest BCUT2D eigenvalue weighted by Gasteiger charge is -2.10. The highest BCUT2D eigenvalue weighted by Crippen LogP contribution is 2.37. The van der Waals surface area contributed by atoms with Gasteiger partial charge < -0.3 is 5.32 Å². The maximum absolute atomic E-state index is 8.76. The van der Waals surface area contributed by atoms with Gasteiger partial charge in [-0.05, 0) is 17.8 Å². The van der Waals surface area contributed by atoms with E-state index in [-0.39, 0.29) is 5.92 Å². The zero-order chi connectivity index (χ0) is 7.68. The lowest BCUT2D eigenvalue weighted by Crippen LogP contribution is -2.17. The minimum atomic E-state index is 0.146. The molecule has 0 saturated heterocycles. The maximum Gasteiger partial charge on any atom is 0.0797 e. The van der Waals surface area contributed by atoms with Gasteiger partial charge in [-0.1, -0.05) is 0 Å². The Labute approximate surface area is 70.0 Å². The Morgan fingerprint density at radius 1 is 1.73 bits per heavy atom. The largest absolute Gasteiger partial charge is 0.387 e. The third-order valence-electron chi connectivity index (χ3n) is 1.94. The molecule has 0 aliphatic carbocycles. The molecule has 2 rings (SSSR count). The van der Waals surface area contributed by atoms with E-state index in [1.54, 1.807) is 11.8 Å². The summed E-state index contributed by atoms with van der Waals surface area (Å²) in [5, 5.41) is 11.9. The molecule has 2 aliphatic heterocycles. The topological polar surface area (TPSA) is 35.8 Å². The first-order valence-electron chi connectivity index (χ1n) is 3.57. The molecule has 0 saturated carbocycles. The van der Waals surface area contributed by atoms with Crippen LogP contribution in [0.15, 0.2) is 22.8 Å². The number of allylic oxidation sites excluding steroid dienone is 1. The monoisotopic (exact) mass is 164 g/mol.